The highest BCUT2D eigenvalue weighted by Gasteiger charge is 2.30. The predicted octanol–water partition coefficient (Wildman–Crippen LogP) is 2.50. The molecule has 2 saturated heterocycles. The van der Waals surface area contributed by atoms with Gasteiger partial charge in [0.1, 0.15) is 12.4 Å². The molecule has 1 amide bonds. The van der Waals surface area contributed by atoms with Gasteiger partial charge in [-0.05, 0) is 51.0 Å². The summed E-state index contributed by atoms with van der Waals surface area (Å²) in [4.78, 5) is 14.4. The SMILES string of the molecule is CC1(C)CN(C(=O)c2ccc(OCC3CCCO3)cc2)CCO1. The summed E-state index contributed by atoms with van der Waals surface area (Å²) in [6, 6.07) is 7.37. The zero-order valence-electron chi connectivity index (χ0n) is 13.9. The average Bonchev–Trinajstić information content (AvgIpc) is 3.05. The van der Waals surface area contributed by atoms with Crippen LogP contribution in [0.25, 0.3) is 0 Å². The molecular formula is C18H25NO4. The summed E-state index contributed by atoms with van der Waals surface area (Å²) >= 11 is 0. The van der Waals surface area contributed by atoms with E-state index in [0.29, 0.717) is 31.9 Å². The molecule has 1 atom stereocenters. The van der Waals surface area contributed by atoms with Crippen molar-refractivity contribution >= 4 is 5.91 Å². The molecule has 2 fully saturated rings. The second-order valence-electron chi connectivity index (χ2n) is 6.81. The predicted molar refractivity (Wildman–Crippen MR) is 86.8 cm³/mol. The number of hydrogen-bond donors (Lipinski definition) is 0. The number of rotatable bonds is 4. The van der Waals surface area contributed by atoms with Crippen LogP contribution >= 0.6 is 0 Å². The number of hydrogen-bond acceptors (Lipinski definition) is 4. The molecule has 0 spiro atoms. The molecule has 2 heterocycles. The zero-order chi connectivity index (χ0) is 16.3. The molecule has 2 aliphatic rings. The van der Waals surface area contributed by atoms with Gasteiger partial charge in [-0.2, -0.15) is 0 Å². The maximum absolute atomic E-state index is 12.6. The fraction of sp³-hybridized carbons (Fsp3) is 0.611. The molecule has 0 radical (unpaired) electrons. The van der Waals surface area contributed by atoms with Crippen molar-refractivity contribution in [2.24, 2.45) is 0 Å². The highest BCUT2D eigenvalue weighted by atomic mass is 16.5. The van der Waals surface area contributed by atoms with Gasteiger partial charge in [-0.25, -0.2) is 0 Å². The molecule has 1 aromatic carbocycles. The smallest absolute Gasteiger partial charge is 0.254 e. The lowest BCUT2D eigenvalue weighted by molar-refractivity contribution is -0.0764. The van der Waals surface area contributed by atoms with Crippen molar-refractivity contribution in [1.82, 2.24) is 4.90 Å². The minimum atomic E-state index is -0.280. The molecule has 0 aliphatic carbocycles. The molecular weight excluding hydrogens is 294 g/mol. The number of benzene rings is 1. The van der Waals surface area contributed by atoms with Crippen molar-refractivity contribution < 1.29 is 19.0 Å². The molecule has 2 aliphatic heterocycles. The Balaban J connectivity index is 1.56. The molecule has 1 aromatic rings. The first-order chi connectivity index (χ1) is 11.0. The maximum atomic E-state index is 12.6. The Morgan fingerprint density at radius 3 is 2.74 bits per heavy atom. The van der Waals surface area contributed by atoms with Crippen molar-refractivity contribution in [3.8, 4) is 5.75 Å². The van der Waals surface area contributed by atoms with Crippen molar-refractivity contribution in [2.75, 3.05) is 32.9 Å². The molecule has 0 aromatic heterocycles. The molecule has 5 nitrogen and oxygen atoms in total. The van der Waals surface area contributed by atoms with Crippen LogP contribution in [-0.2, 0) is 9.47 Å². The van der Waals surface area contributed by atoms with Crippen molar-refractivity contribution in [3.05, 3.63) is 29.8 Å². The van der Waals surface area contributed by atoms with E-state index in [0.717, 1.165) is 25.2 Å². The molecule has 0 N–H and O–H groups in total. The number of amides is 1. The van der Waals surface area contributed by atoms with Gasteiger partial charge in [0.15, 0.2) is 0 Å². The van der Waals surface area contributed by atoms with E-state index < -0.39 is 0 Å². The fourth-order valence-electron chi connectivity index (χ4n) is 3.03. The van der Waals surface area contributed by atoms with Gasteiger partial charge >= 0.3 is 0 Å². The van der Waals surface area contributed by atoms with Crippen molar-refractivity contribution in [2.45, 2.75) is 38.4 Å². The van der Waals surface area contributed by atoms with Crippen LogP contribution < -0.4 is 4.74 Å². The molecule has 3 rings (SSSR count). The quantitative estimate of drug-likeness (QED) is 0.855. The first-order valence-corrected chi connectivity index (χ1v) is 8.31. The summed E-state index contributed by atoms with van der Waals surface area (Å²) in [6.07, 6.45) is 2.37. The maximum Gasteiger partial charge on any atom is 0.254 e. The van der Waals surface area contributed by atoms with Gasteiger partial charge in [-0.15, -0.1) is 0 Å². The summed E-state index contributed by atoms with van der Waals surface area (Å²) in [7, 11) is 0. The normalized spacial score (nSPS) is 23.7. The van der Waals surface area contributed by atoms with Gasteiger partial charge in [-0.1, -0.05) is 0 Å². The average molecular weight is 319 g/mol. The van der Waals surface area contributed by atoms with Gasteiger partial charge in [0.05, 0.1) is 18.3 Å². The third-order valence-corrected chi connectivity index (χ3v) is 4.27. The van der Waals surface area contributed by atoms with Gasteiger partial charge in [0, 0.05) is 25.3 Å². The first kappa shape index (κ1) is 16.3. The fourth-order valence-corrected chi connectivity index (χ4v) is 3.03. The Morgan fingerprint density at radius 2 is 2.09 bits per heavy atom. The molecule has 5 heteroatoms. The van der Waals surface area contributed by atoms with Crippen LogP contribution in [-0.4, -0.2) is 55.4 Å². The lowest BCUT2D eigenvalue weighted by Crippen LogP contribution is -2.50. The van der Waals surface area contributed by atoms with Crippen LogP contribution in [0.1, 0.15) is 37.0 Å². The van der Waals surface area contributed by atoms with Gasteiger partial charge in [-0.3, -0.25) is 4.79 Å². The number of ether oxygens (including phenoxy) is 3. The molecule has 1 unspecified atom stereocenters. The second kappa shape index (κ2) is 6.89. The Labute approximate surface area is 137 Å². The van der Waals surface area contributed by atoms with E-state index in [9.17, 15) is 4.79 Å². The largest absolute Gasteiger partial charge is 0.491 e. The topological polar surface area (TPSA) is 48.0 Å². The standard InChI is InChI=1S/C18H25NO4/c1-18(2)13-19(9-11-23-18)17(20)14-5-7-15(8-6-14)22-12-16-4-3-10-21-16/h5-8,16H,3-4,9-13H2,1-2H3. The monoisotopic (exact) mass is 319 g/mol. The Bertz CT molecular complexity index is 534. The summed E-state index contributed by atoms with van der Waals surface area (Å²) in [5.74, 6) is 0.825. The highest BCUT2D eigenvalue weighted by molar-refractivity contribution is 5.94. The van der Waals surface area contributed by atoms with Gasteiger partial charge < -0.3 is 19.1 Å². The lowest BCUT2D eigenvalue weighted by Gasteiger charge is -2.38. The minimum Gasteiger partial charge on any atom is -0.491 e. The summed E-state index contributed by atoms with van der Waals surface area (Å²) < 4.78 is 16.9. The summed E-state index contributed by atoms with van der Waals surface area (Å²) in [5.41, 5.74) is 0.408. The van der Waals surface area contributed by atoms with Crippen molar-refractivity contribution in [1.29, 1.82) is 0 Å². The molecule has 126 valence electrons. The van der Waals surface area contributed by atoms with Crippen LogP contribution in [0.2, 0.25) is 0 Å². The third kappa shape index (κ3) is 4.24. The molecule has 0 saturated carbocycles. The summed E-state index contributed by atoms with van der Waals surface area (Å²) in [6.45, 7) is 7.26. The minimum absolute atomic E-state index is 0.0482. The van der Waals surface area contributed by atoms with E-state index in [1.807, 2.05) is 43.0 Å². The molecule has 23 heavy (non-hydrogen) atoms. The Morgan fingerprint density at radius 1 is 1.30 bits per heavy atom. The lowest BCUT2D eigenvalue weighted by atomic mass is 10.1. The zero-order valence-corrected chi connectivity index (χ0v) is 13.9. The number of carbonyl (C=O) groups is 1. The van der Waals surface area contributed by atoms with Crippen LogP contribution in [0.15, 0.2) is 24.3 Å². The van der Waals surface area contributed by atoms with Crippen LogP contribution in [0, 0.1) is 0 Å². The van der Waals surface area contributed by atoms with E-state index in [1.54, 1.807) is 0 Å². The van der Waals surface area contributed by atoms with E-state index in [2.05, 4.69) is 0 Å². The van der Waals surface area contributed by atoms with Crippen LogP contribution in [0.5, 0.6) is 5.75 Å². The Kier molecular flexibility index (Phi) is 4.87. The highest BCUT2D eigenvalue weighted by Crippen LogP contribution is 2.20. The van der Waals surface area contributed by atoms with Crippen LogP contribution in [0.3, 0.4) is 0 Å². The summed E-state index contributed by atoms with van der Waals surface area (Å²) in [5, 5.41) is 0. The van der Waals surface area contributed by atoms with E-state index in [-0.39, 0.29) is 17.6 Å². The second-order valence-corrected chi connectivity index (χ2v) is 6.81. The molecule has 0 bridgehead atoms. The van der Waals surface area contributed by atoms with Gasteiger partial charge in [0.25, 0.3) is 5.91 Å². The van der Waals surface area contributed by atoms with Crippen molar-refractivity contribution in [3.63, 3.8) is 0 Å². The van der Waals surface area contributed by atoms with E-state index >= 15 is 0 Å². The number of carbonyl (C=O) groups excluding carboxylic acids is 1. The number of nitrogens with zero attached hydrogens (tertiary/aromatic N) is 1. The third-order valence-electron chi connectivity index (χ3n) is 4.27. The van der Waals surface area contributed by atoms with Gasteiger partial charge in [0.2, 0.25) is 0 Å². The van der Waals surface area contributed by atoms with E-state index in [1.165, 1.54) is 0 Å². The number of morpholine rings is 1. The Hall–Kier alpha value is -1.59. The van der Waals surface area contributed by atoms with Crippen LogP contribution in [0.4, 0.5) is 0 Å². The van der Waals surface area contributed by atoms with E-state index in [4.69, 9.17) is 14.2 Å². The first-order valence-electron chi connectivity index (χ1n) is 8.31.